The summed E-state index contributed by atoms with van der Waals surface area (Å²) in [6, 6.07) is 7.17. The molecule has 5 nitrogen and oxygen atoms in total. The summed E-state index contributed by atoms with van der Waals surface area (Å²) < 4.78 is 12.9. The topological polar surface area (TPSA) is 42.9 Å². The normalized spacial score (nSPS) is 19.1. The Hall–Kier alpha value is -0.580. The van der Waals surface area contributed by atoms with Crippen LogP contribution < -0.4 is 10.6 Å². The minimum atomic E-state index is -0.185. The zero-order chi connectivity index (χ0) is 18.1. The zero-order valence-corrected chi connectivity index (χ0v) is 19.0. The number of aliphatic imine (C=N–C) groups is 1. The highest BCUT2D eigenvalue weighted by atomic mass is 127. The van der Waals surface area contributed by atoms with Crippen LogP contribution in [-0.2, 0) is 0 Å². The van der Waals surface area contributed by atoms with Crippen LogP contribution in [0, 0.1) is 5.82 Å². The van der Waals surface area contributed by atoms with E-state index in [9.17, 15) is 4.39 Å². The van der Waals surface area contributed by atoms with Crippen LogP contribution in [0.1, 0.15) is 6.42 Å². The average Bonchev–Trinajstić information content (AvgIpc) is 2.61. The largest absolute Gasteiger partial charge is 0.356 e. The zero-order valence-electron chi connectivity index (χ0n) is 15.9. The quantitative estimate of drug-likeness (QED) is 0.200. The van der Waals surface area contributed by atoms with E-state index in [2.05, 4.69) is 39.5 Å². The Morgan fingerprint density at radius 1 is 1.23 bits per heavy atom. The first-order chi connectivity index (χ1) is 12.1. The van der Waals surface area contributed by atoms with E-state index in [-0.39, 0.29) is 29.8 Å². The van der Waals surface area contributed by atoms with E-state index in [4.69, 9.17) is 0 Å². The van der Waals surface area contributed by atoms with Crippen molar-refractivity contribution < 1.29 is 4.39 Å². The number of hydrogen-bond acceptors (Lipinski definition) is 4. The lowest BCUT2D eigenvalue weighted by Crippen LogP contribution is -2.55. The van der Waals surface area contributed by atoms with Gasteiger partial charge in [0, 0.05) is 50.7 Å². The van der Waals surface area contributed by atoms with Gasteiger partial charge in [0.2, 0.25) is 0 Å². The molecule has 1 heterocycles. The van der Waals surface area contributed by atoms with Gasteiger partial charge in [-0.3, -0.25) is 9.89 Å². The van der Waals surface area contributed by atoms with Crippen molar-refractivity contribution in [3.8, 4) is 0 Å². The van der Waals surface area contributed by atoms with Crippen LogP contribution in [0.3, 0.4) is 0 Å². The number of piperazine rings is 1. The van der Waals surface area contributed by atoms with Gasteiger partial charge in [0.15, 0.2) is 5.96 Å². The molecule has 1 aliphatic rings. The molecular formula is C18H31FIN5S. The summed E-state index contributed by atoms with van der Waals surface area (Å²) in [5, 5.41) is 6.79. The molecular weight excluding hydrogens is 464 g/mol. The van der Waals surface area contributed by atoms with Gasteiger partial charge >= 0.3 is 0 Å². The molecule has 0 aromatic heterocycles. The third-order valence-electron chi connectivity index (χ3n) is 4.40. The van der Waals surface area contributed by atoms with Crippen LogP contribution >= 0.6 is 35.7 Å². The van der Waals surface area contributed by atoms with Crippen LogP contribution in [0.25, 0.3) is 0 Å². The monoisotopic (exact) mass is 495 g/mol. The van der Waals surface area contributed by atoms with E-state index in [1.807, 2.05) is 12.1 Å². The first kappa shape index (κ1) is 23.5. The third-order valence-corrected chi connectivity index (χ3v) is 5.50. The number of thioether (sulfide) groups is 1. The summed E-state index contributed by atoms with van der Waals surface area (Å²) in [5.41, 5.74) is 0. The molecule has 0 aliphatic carbocycles. The smallest absolute Gasteiger partial charge is 0.191 e. The standard InChI is InChI=1S/C18H30FN5S.HI/c1-20-18(22-13-16-14-23(2)10-11-24(16)3)21-9-4-12-25-17-7-5-15(19)6-8-17;/h5-8,16H,4,9-14H2,1-3H3,(H2,20,21,22);1H. The second-order valence-corrected chi connectivity index (χ2v) is 7.60. The molecule has 1 aromatic carbocycles. The van der Waals surface area contributed by atoms with Crippen LogP contribution in [0.4, 0.5) is 4.39 Å². The molecule has 0 radical (unpaired) electrons. The SMILES string of the molecule is CN=C(NCCCSc1ccc(F)cc1)NCC1CN(C)CCN1C.I. The summed E-state index contributed by atoms with van der Waals surface area (Å²) in [4.78, 5) is 10.2. The lowest BCUT2D eigenvalue weighted by Gasteiger charge is -2.37. The number of halogens is 2. The van der Waals surface area contributed by atoms with E-state index in [1.54, 1.807) is 18.8 Å². The van der Waals surface area contributed by atoms with Crippen molar-refractivity contribution in [1.29, 1.82) is 0 Å². The molecule has 1 unspecified atom stereocenters. The van der Waals surface area contributed by atoms with Crippen LogP contribution in [-0.4, -0.2) is 81.4 Å². The lowest BCUT2D eigenvalue weighted by atomic mass is 10.2. The van der Waals surface area contributed by atoms with Crippen LogP contribution in [0.2, 0.25) is 0 Å². The minimum Gasteiger partial charge on any atom is -0.356 e. The van der Waals surface area contributed by atoms with E-state index in [1.165, 1.54) is 12.1 Å². The molecule has 1 aromatic rings. The molecule has 1 fully saturated rings. The second-order valence-electron chi connectivity index (χ2n) is 6.43. The Kier molecular flexibility index (Phi) is 11.5. The molecule has 0 saturated carbocycles. The third kappa shape index (κ3) is 8.41. The van der Waals surface area contributed by atoms with Crippen molar-refractivity contribution >= 4 is 41.7 Å². The molecule has 2 N–H and O–H groups in total. The van der Waals surface area contributed by atoms with Gasteiger partial charge in [-0.05, 0) is 50.5 Å². The van der Waals surface area contributed by atoms with Gasteiger partial charge in [0.25, 0.3) is 0 Å². The molecule has 2 rings (SSSR count). The van der Waals surface area contributed by atoms with E-state index >= 15 is 0 Å². The van der Waals surface area contributed by atoms with E-state index in [0.29, 0.717) is 6.04 Å². The van der Waals surface area contributed by atoms with Gasteiger partial charge in [-0.1, -0.05) is 0 Å². The highest BCUT2D eigenvalue weighted by molar-refractivity contribution is 14.0. The van der Waals surface area contributed by atoms with Crippen LogP contribution in [0.15, 0.2) is 34.2 Å². The van der Waals surface area contributed by atoms with Crippen molar-refractivity contribution in [2.45, 2.75) is 17.4 Å². The molecule has 1 saturated heterocycles. The van der Waals surface area contributed by atoms with Crippen molar-refractivity contribution in [1.82, 2.24) is 20.4 Å². The highest BCUT2D eigenvalue weighted by Gasteiger charge is 2.21. The fourth-order valence-electron chi connectivity index (χ4n) is 2.76. The summed E-state index contributed by atoms with van der Waals surface area (Å²) in [5.74, 6) is 1.66. The number of hydrogen-bond donors (Lipinski definition) is 2. The van der Waals surface area contributed by atoms with Crippen molar-refractivity contribution in [2.75, 3.05) is 59.6 Å². The lowest BCUT2D eigenvalue weighted by molar-refractivity contribution is 0.116. The predicted octanol–water partition coefficient (Wildman–Crippen LogP) is 2.34. The fourth-order valence-corrected chi connectivity index (χ4v) is 3.61. The van der Waals surface area contributed by atoms with E-state index < -0.39 is 0 Å². The Morgan fingerprint density at radius 3 is 2.65 bits per heavy atom. The molecule has 1 aliphatic heterocycles. The first-order valence-corrected chi connectivity index (χ1v) is 9.78. The number of likely N-dealkylation sites (N-methyl/N-ethyl adjacent to an activating group) is 2. The molecule has 0 bridgehead atoms. The first-order valence-electron chi connectivity index (χ1n) is 8.80. The molecule has 8 heteroatoms. The average molecular weight is 495 g/mol. The number of guanidine groups is 1. The molecule has 26 heavy (non-hydrogen) atoms. The Bertz CT molecular complexity index is 543. The van der Waals surface area contributed by atoms with Gasteiger partial charge in [0.05, 0.1) is 0 Å². The van der Waals surface area contributed by atoms with Crippen molar-refractivity contribution in [2.24, 2.45) is 4.99 Å². The van der Waals surface area contributed by atoms with Crippen molar-refractivity contribution in [3.63, 3.8) is 0 Å². The summed E-state index contributed by atoms with van der Waals surface area (Å²) in [6.45, 7) is 5.08. The maximum Gasteiger partial charge on any atom is 0.191 e. The molecule has 1 atom stereocenters. The van der Waals surface area contributed by atoms with E-state index in [0.717, 1.165) is 55.8 Å². The highest BCUT2D eigenvalue weighted by Crippen LogP contribution is 2.18. The van der Waals surface area contributed by atoms with Gasteiger partial charge in [-0.15, -0.1) is 35.7 Å². The summed E-state index contributed by atoms with van der Waals surface area (Å²) in [7, 11) is 6.16. The summed E-state index contributed by atoms with van der Waals surface area (Å²) >= 11 is 1.75. The maximum absolute atomic E-state index is 12.9. The van der Waals surface area contributed by atoms with Gasteiger partial charge in [-0.2, -0.15) is 0 Å². The molecule has 0 spiro atoms. The molecule has 148 valence electrons. The van der Waals surface area contributed by atoms with Gasteiger partial charge in [0.1, 0.15) is 5.82 Å². The molecule has 0 amide bonds. The fraction of sp³-hybridized carbons (Fsp3) is 0.611. The number of nitrogens with zero attached hydrogens (tertiary/aromatic N) is 3. The van der Waals surface area contributed by atoms with Gasteiger partial charge < -0.3 is 15.5 Å². The minimum absolute atomic E-state index is 0. The Morgan fingerprint density at radius 2 is 1.96 bits per heavy atom. The maximum atomic E-state index is 12.9. The summed E-state index contributed by atoms with van der Waals surface area (Å²) in [6.07, 6.45) is 1.02. The predicted molar refractivity (Wildman–Crippen MR) is 120 cm³/mol. The Labute approximate surface area is 178 Å². The number of rotatable bonds is 7. The van der Waals surface area contributed by atoms with Crippen LogP contribution in [0.5, 0.6) is 0 Å². The number of benzene rings is 1. The van der Waals surface area contributed by atoms with Gasteiger partial charge in [-0.25, -0.2) is 4.39 Å². The second kappa shape index (κ2) is 12.7. The van der Waals surface area contributed by atoms with Crippen molar-refractivity contribution in [3.05, 3.63) is 30.1 Å². The Balaban J connectivity index is 0.00000338. The number of nitrogens with one attached hydrogen (secondary N) is 2.